The summed E-state index contributed by atoms with van der Waals surface area (Å²) < 4.78 is 38.0. The lowest BCUT2D eigenvalue weighted by molar-refractivity contribution is -0.0170. The van der Waals surface area contributed by atoms with E-state index in [4.69, 9.17) is 9.47 Å². The molecule has 2 aliphatic rings. The van der Waals surface area contributed by atoms with Crippen LogP contribution in [-0.4, -0.2) is 44.6 Å². The molecule has 2 aliphatic heterocycles. The second-order valence-corrected chi connectivity index (χ2v) is 7.33. The van der Waals surface area contributed by atoms with Crippen molar-refractivity contribution in [2.75, 3.05) is 19.8 Å². The van der Waals surface area contributed by atoms with E-state index in [1.165, 1.54) is 0 Å². The number of nitrogens with zero attached hydrogens (tertiary/aromatic N) is 1. The highest BCUT2D eigenvalue weighted by molar-refractivity contribution is 7.89. The van der Waals surface area contributed by atoms with Gasteiger partial charge in [0.2, 0.25) is 10.0 Å². The van der Waals surface area contributed by atoms with Gasteiger partial charge in [-0.1, -0.05) is 0 Å². The lowest BCUT2D eigenvalue weighted by Crippen LogP contribution is -2.50. The van der Waals surface area contributed by atoms with Gasteiger partial charge in [-0.05, 0) is 37.6 Å². The maximum Gasteiger partial charge on any atom is 0.243 e. The van der Waals surface area contributed by atoms with Gasteiger partial charge in [-0.15, -0.1) is 0 Å². The average molecular weight is 297 g/mol. The van der Waals surface area contributed by atoms with Gasteiger partial charge < -0.3 is 9.47 Å². The molecule has 1 saturated heterocycles. The molecular weight excluding hydrogens is 278 g/mol. The van der Waals surface area contributed by atoms with E-state index in [-0.39, 0.29) is 12.1 Å². The molecule has 5 nitrogen and oxygen atoms in total. The van der Waals surface area contributed by atoms with Gasteiger partial charge in [0.25, 0.3) is 0 Å². The van der Waals surface area contributed by atoms with Crippen LogP contribution in [0.3, 0.4) is 0 Å². The highest BCUT2D eigenvalue weighted by atomic mass is 32.2. The molecule has 0 saturated carbocycles. The molecule has 1 aromatic carbocycles. The minimum absolute atomic E-state index is 0.0706. The molecule has 2 heterocycles. The first kappa shape index (κ1) is 13.9. The predicted molar refractivity (Wildman–Crippen MR) is 74.4 cm³/mol. The number of fused-ring (bicyclic) bond motifs is 1. The van der Waals surface area contributed by atoms with Crippen LogP contribution in [0.4, 0.5) is 0 Å². The third-order valence-corrected chi connectivity index (χ3v) is 5.79. The largest absolute Gasteiger partial charge is 0.493 e. The van der Waals surface area contributed by atoms with Gasteiger partial charge in [0.05, 0.1) is 24.2 Å². The van der Waals surface area contributed by atoms with Gasteiger partial charge in [-0.2, -0.15) is 4.31 Å². The number of rotatable bonds is 2. The Hall–Kier alpha value is -1.11. The molecule has 0 amide bonds. The Morgan fingerprint density at radius 3 is 2.90 bits per heavy atom. The Labute approximate surface area is 119 Å². The summed E-state index contributed by atoms with van der Waals surface area (Å²) in [5, 5.41) is 0. The van der Waals surface area contributed by atoms with Gasteiger partial charge in [-0.25, -0.2) is 8.42 Å². The van der Waals surface area contributed by atoms with E-state index >= 15 is 0 Å². The smallest absolute Gasteiger partial charge is 0.243 e. The second-order valence-electron chi connectivity index (χ2n) is 5.44. The van der Waals surface area contributed by atoms with E-state index in [2.05, 4.69) is 0 Å². The fourth-order valence-corrected chi connectivity index (χ4v) is 4.41. The third kappa shape index (κ3) is 2.32. The molecule has 20 heavy (non-hydrogen) atoms. The Balaban J connectivity index is 1.95. The molecule has 0 N–H and O–H groups in total. The van der Waals surface area contributed by atoms with E-state index in [0.717, 1.165) is 17.7 Å². The predicted octanol–water partition coefficient (Wildman–Crippen LogP) is 1.42. The first-order valence-electron chi connectivity index (χ1n) is 6.87. The van der Waals surface area contributed by atoms with Crippen LogP contribution in [0.1, 0.15) is 19.4 Å². The van der Waals surface area contributed by atoms with Crippen molar-refractivity contribution in [2.45, 2.75) is 37.3 Å². The summed E-state index contributed by atoms with van der Waals surface area (Å²) in [6, 6.07) is 4.99. The Morgan fingerprint density at radius 2 is 2.10 bits per heavy atom. The minimum atomic E-state index is -3.47. The van der Waals surface area contributed by atoms with Crippen LogP contribution in [0, 0.1) is 0 Å². The van der Waals surface area contributed by atoms with Crippen molar-refractivity contribution in [3.63, 3.8) is 0 Å². The normalized spacial score (nSPS) is 27.1. The lowest BCUT2D eigenvalue weighted by Gasteiger charge is -2.35. The number of hydrogen-bond acceptors (Lipinski definition) is 4. The van der Waals surface area contributed by atoms with Crippen LogP contribution in [0.15, 0.2) is 23.1 Å². The molecule has 1 fully saturated rings. The molecule has 0 aliphatic carbocycles. The molecule has 2 atom stereocenters. The van der Waals surface area contributed by atoms with Gasteiger partial charge in [0, 0.05) is 19.0 Å². The van der Waals surface area contributed by atoms with Gasteiger partial charge in [-0.3, -0.25) is 0 Å². The monoisotopic (exact) mass is 297 g/mol. The zero-order valence-corrected chi connectivity index (χ0v) is 12.5. The van der Waals surface area contributed by atoms with Crippen LogP contribution in [-0.2, 0) is 21.2 Å². The van der Waals surface area contributed by atoms with Crippen LogP contribution < -0.4 is 4.74 Å². The van der Waals surface area contributed by atoms with Crippen LogP contribution >= 0.6 is 0 Å². The maximum absolute atomic E-state index is 12.8. The van der Waals surface area contributed by atoms with E-state index in [1.807, 2.05) is 13.8 Å². The summed E-state index contributed by atoms with van der Waals surface area (Å²) >= 11 is 0. The summed E-state index contributed by atoms with van der Waals surface area (Å²) in [7, 11) is -3.47. The number of ether oxygens (including phenoxy) is 2. The van der Waals surface area contributed by atoms with Crippen molar-refractivity contribution in [3.05, 3.63) is 23.8 Å². The van der Waals surface area contributed by atoms with Crippen molar-refractivity contribution in [2.24, 2.45) is 0 Å². The van der Waals surface area contributed by atoms with Crippen molar-refractivity contribution in [1.29, 1.82) is 0 Å². The topological polar surface area (TPSA) is 55.8 Å². The first-order chi connectivity index (χ1) is 9.48. The van der Waals surface area contributed by atoms with Crippen molar-refractivity contribution in [3.8, 4) is 5.75 Å². The Bertz CT molecular complexity index is 614. The van der Waals surface area contributed by atoms with Crippen molar-refractivity contribution >= 4 is 10.0 Å². The zero-order chi connectivity index (χ0) is 14.3. The maximum atomic E-state index is 12.8. The van der Waals surface area contributed by atoms with E-state index in [1.54, 1.807) is 22.5 Å². The number of sulfonamides is 1. The van der Waals surface area contributed by atoms with E-state index < -0.39 is 10.0 Å². The Kier molecular flexibility index (Phi) is 3.48. The summed E-state index contributed by atoms with van der Waals surface area (Å²) in [5.41, 5.74) is 0.972. The SMILES string of the molecule is CC1CN(S(=O)(=O)c2ccc3c(c2)CCO3)C(C)CO1. The zero-order valence-electron chi connectivity index (χ0n) is 11.7. The molecule has 6 heteroatoms. The highest BCUT2D eigenvalue weighted by Crippen LogP contribution is 2.30. The van der Waals surface area contributed by atoms with Crippen LogP contribution in [0.2, 0.25) is 0 Å². The summed E-state index contributed by atoms with van der Waals surface area (Å²) in [5.74, 6) is 0.798. The summed E-state index contributed by atoms with van der Waals surface area (Å²) in [4.78, 5) is 0.350. The average Bonchev–Trinajstić information content (AvgIpc) is 2.88. The Morgan fingerprint density at radius 1 is 1.30 bits per heavy atom. The fraction of sp³-hybridized carbons (Fsp3) is 0.571. The number of benzene rings is 1. The standard InChI is InChI=1S/C14H19NO4S/c1-10-9-19-11(2)8-15(10)20(16,17)13-3-4-14-12(7-13)5-6-18-14/h3-4,7,10-11H,5-6,8-9H2,1-2H3. The molecular formula is C14H19NO4S. The molecule has 1 aromatic rings. The van der Waals surface area contributed by atoms with Crippen molar-refractivity contribution in [1.82, 2.24) is 4.31 Å². The number of morpholine rings is 1. The molecule has 0 radical (unpaired) electrons. The van der Waals surface area contributed by atoms with Crippen molar-refractivity contribution < 1.29 is 17.9 Å². The van der Waals surface area contributed by atoms with Gasteiger partial charge >= 0.3 is 0 Å². The van der Waals surface area contributed by atoms with E-state index in [9.17, 15) is 8.42 Å². The quantitative estimate of drug-likeness (QED) is 0.828. The second kappa shape index (κ2) is 5.02. The molecule has 3 rings (SSSR count). The van der Waals surface area contributed by atoms with Gasteiger partial charge in [0.15, 0.2) is 0 Å². The highest BCUT2D eigenvalue weighted by Gasteiger charge is 2.34. The first-order valence-corrected chi connectivity index (χ1v) is 8.31. The fourth-order valence-electron chi connectivity index (χ4n) is 2.67. The van der Waals surface area contributed by atoms with Crippen LogP contribution in [0.5, 0.6) is 5.75 Å². The molecule has 0 aromatic heterocycles. The molecule has 0 spiro atoms. The van der Waals surface area contributed by atoms with Gasteiger partial charge in [0.1, 0.15) is 5.75 Å². The van der Waals surface area contributed by atoms with E-state index in [0.29, 0.717) is 24.7 Å². The number of hydrogen-bond donors (Lipinski definition) is 0. The third-order valence-electron chi connectivity index (χ3n) is 3.82. The summed E-state index contributed by atoms with van der Waals surface area (Å²) in [6.45, 7) is 5.24. The summed E-state index contributed by atoms with van der Waals surface area (Å²) in [6.07, 6.45) is 0.701. The minimum Gasteiger partial charge on any atom is -0.493 e. The molecule has 2 unspecified atom stereocenters. The van der Waals surface area contributed by atoms with Crippen LogP contribution in [0.25, 0.3) is 0 Å². The molecule has 0 bridgehead atoms. The molecule has 110 valence electrons. The lowest BCUT2D eigenvalue weighted by atomic mass is 10.2.